The minimum absolute atomic E-state index is 0.0882. The minimum atomic E-state index is -4.68. The number of nitrogens with one attached hydrogen (secondary N) is 2. The van der Waals surface area contributed by atoms with Crippen molar-refractivity contribution in [1.82, 2.24) is 9.97 Å². The number of benzene rings is 1. The van der Waals surface area contributed by atoms with Crippen molar-refractivity contribution in [2.24, 2.45) is 0 Å². The summed E-state index contributed by atoms with van der Waals surface area (Å²) in [5, 5.41) is 2.70. The third-order valence-electron chi connectivity index (χ3n) is 4.61. The highest BCUT2D eigenvalue weighted by molar-refractivity contribution is 14.1. The first-order chi connectivity index (χ1) is 14.0. The van der Waals surface area contributed by atoms with Gasteiger partial charge < -0.3 is 13.1 Å². The molecule has 1 saturated carbocycles. The average molecular weight is 556 g/mol. The number of hydrogen-bond donors (Lipinski definition) is 2. The molecule has 1 aliphatic rings. The van der Waals surface area contributed by atoms with Crippen molar-refractivity contribution >= 4 is 44.4 Å². The SMILES string of the molecule is C[C@@H](OI)[C@@H](C)Oc1nc(Nc2ccc(S(=N)(=O)C3CC3)cc2)ncc1C(F)(F)F. The second-order valence-electron chi connectivity index (χ2n) is 6.98. The Morgan fingerprint density at radius 3 is 2.40 bits per heavy atom. The molecular formula is C18H20F3IN4O3S. The fraction of sp³-hybridized carbons (Fsp3) is 0.444. The molecule has 0 saturated heterocycles. The number of hydrogen-bond acceptors (Lipinski definition) is 7. The molecule has 1 aromatic carbocycles. The smallest absolute Gasteiger partial charge is 0.423 e. The summed E-state index contributed by atoms with van der Waals surface area (Å²) in [5.41, 5.74) is -0.609. The zero-order valence-electron chi connectivity index (χ0n) is 16.1. The maximum Gasteiger partial charge on any atom is 0.423 e. The van der Waals surface area contributed by atoms with Crippen LogP contribution < -0.4 is 10.1 Å². The van der Waals surface area contributed by atoms with Crippen molar-refractivity contribution in [2.75, 3.05) is 5.32 Å². The highest BCUT2D eigenvalue weighted by atomic mass is 127. The molecule has 7 nitrogen and oxygen atoms in total. The summed E-state index contributed by atoms with van der Waals surface area (Å²) in [4.78, 5) is 8.04. The Bertz CT molecular complexity index is 999. The van der Waals surface area contributed by atoms with Gasteiger partial charge in [0.2, 0.25) is 11.8 Å². The van der Waals surface area contributed by atoms with Crippen LogP contribution in [-0.4, -0.2) is 31.6 Å². The van der Waals surface area contributed by atoms with Gasteiger partial charge in [0.05, 0.1) is 9.73 Å². The molecular weight excluding hydrogens is 536 g/mol. The third-order valence-corrected chi connectivity index (χ3v) is 7.80. The average Bonchev–Trinajstić information content (AvgIpc) is 3.53. The van der Waals surface area contributed by atoms with Crippen LogP contribution >= 0.6 is 23.0 Å². The van der Waals surface area contributed by atoms with E-state index in [4.69, 9.17) is 12.6 Å². The van der Waals surface area contributed by atoms with Gasteiger partial charge in [-0.2, -0.15) is 18.2 Å². The number of alkyl halides is 3. The van der Waals surface area contributed by atoms with Gasteiger partial charge in [-0.1, -0.05) is 0 Å². The van der Waals surface area contributed by atoms with Gasteiger partial charge in [0.25, 0.3) is 0 Å². The van der Waals surface area contributed by atoms with Gasteiger partial charge in [-0.15, -0.1) is 0 Å². The molecule has 1 aliphatic carbocycles. The predicted molar refractivity (Wildman–Crippen MR) is 114 cm³/mol. The molecule has 1 aromatic heterocycles. The highest BCUT2D eigenvalue weighted by Gasteiger charge is 2.37. The lowest BCUT2D eigenvalue weighted by Gasteiger charge is -2.21. The molecule has 0 aliphatic heterocycles. The Morgan fingerprint density at radius 1 is 1.23 bits per heavy atom. The molecule has 0 bridgehead atoms. The third kappa shape index (κ3) is 5.32. The van der Waals surface area contributed by atoms with E-state index in [0.29, 0.717) is 16.8 Å². The van der Waals surface area contributed by atoms with Crippen molar-refractivity contribution in [3.8, 4) is 5.88 Å². The van der Waals surface area contributed by atoms with Crippen LogP contribution in [0.3, 0.4) is 0 Å². The van der Waals surface area contributed by atoms with E-state index >= 15 is 0 Å². The van der Waals surface area contributed by atoms with Gasteiger partial charge in [0.1, 0.15) is 40.8 Å². The van der Waals surface area contributed by atoms with E-state index in [1.165, 1.54) is 0 Å². The second-order valence-corrected chi connectivity index (χ2v) is 9.82. The number of nitrogens with zero attached hydrogens (tertiary/aromatic N) is 2. The molecule has 2 N–H and O–H groups in total. The maximum atomic E-state index is 13.3. The van der Waals surface area contributed by atoms with E-state index in [1.807, 2.05) is 0 Å². The van der Waals surface area contributed by atoms with Gasteiger partial charge >= 0.3 is 6.18 Å². The Morgan fingerprint density at radius 2 is 1.87 bits per heavy atom. The maximum absolute atomic E-state index is 13.3. The van der Waals surface area contributed by atoms with E-state index in [1.54, 1.807) is 61.1 Å². The number of halogens is 4. The molecule has 1 unspecified atom stereocenters. The van der Waals surface area contributed by atoms with Crippen molar-refractivity contribution in [1.29, 1.82) is 4.78 Å². The fourth-order valence-electron chi connectivity index (χ4n) is 2.52. The topological polar surface area (TPSA) is 97.2 Å². The van der Waals surface area contributed by atoms with Gasteiger partial charge in [0.15, 0.2) is 0 Å². The fourth-order valence-corrected chi connectivity index (χ4v) is 4.66. The molecule has 30 heavy (non-hydrogen) atoms. The molecule has 1 fully saturated rings. The Labute approximate surface area is 186 Å². The normalized spacial score (nSPS) is 18.3. The summed E-state index contributed by atoms with van der Waals surface area (Å²) in [6, 6.07) is 6.31. The summed E-state index contributed by atoms with van der Waals surface area (Å²) < 4.78 is 70.9. The predicted octanol–water partition coefficient (Wildman–Crippen LogP) is 5.33. The summed E-state index contributed by atoms with van der Waals surface area (Å²) in [7, 11) is -2.82. The molecule has 12 heteroatoms. The second kappa shape index (κ2) is 8.83. The number of rotatable bonds is 8. The summed E-state index contributed by atoms with van der Waals surface area (Å²) in [5.74, 6) is -0.692. The molecule has 3 atom stereocenters. The van der Waals surface area contributed by atoms with Crippen LogP contribution in [0.2, 0.25) is 0 Å². The lowest BCUT2D eigenvalue weighted by Crippen LogP contribution is -2.28. The quantitative estimate of drug-likeness (QED) is 0.427. The summed E-state index contributed by atoms with van der Waals surface area (Å²) in [6.45, 7) is 3.24. The van der Waals surface area contributed by atoms with Crippen LogP contribution in [0.4, 0.5) is 24.8 Å². The zero-order valence-corrected chi connectivity index (χ0v) is 19.0. The first kappa shape index (κ1) is 23.0. The molecule has 0 spiro atoms. The van der Waals surface area contributed by atoms with Gasteiger partial charge in [-0.05, 0) is 51.0 Å². The molecule has 3 rings (SSSR count). The molecule has 0 amide bonds. The van der Waals surface area contributed by atoms with Crippen LogP contribution in [0.5, 0.6) is 5.88 Å². The molecule has 1 heterocycles. The van der Waals surface area contributed by atoms with Gasteiger partial charge in [-0.25, -0.2) is 14.0 Å². The van der Waals surface area contributed by atoms with E-state index in [2.05, 4.69) is 15.3 Å². The van der Waals surface area contributed by atoms with E-state index in [-0.39, 0.29) is 11.2 Å². The molecule has 2 aromatic rings. The first-order valence-corrected chi connectivity index (χ1v) is 11.6. The van der Waals surface area contributed by atoms with Crippen LogP contribution in [0.15, 0.2) is 35.4 Å². The van der Waals surface area contributed by atoms with E-state index < -0.39 is 39.6 Å². The number of ether oxygens (including phenoxy) is 1. The van der Waals surface area contributed by atoms with Crippen molar-refractivity contribution in [3.63, 3.8) is 0 Å². The Kier molecular flexibility index (Phi) is 6.77. The summed E-state index contributed by atoms with van der Waals surface area (Å²) >= 11 is 1.65. The Hall–Kier alpha value is -1.67. The van der Waals surface area contributed by atoms with Crippen molar-refractivity contribution in [2.45, 2.75) is 55.2 Å². The highest BCUT2D eigenvalue weighted by Crippen LogP contribution is 2.37. The minimum Gasteiger partial charge on any atom is -0.471 e. The van der Waals surface area contributed by atoms with Crippen molar-refractivity contribution < 1.29 is 25.2 Å². The van der Waals surface area contributed by atoms with Crippen LogP contribution in [0.25, 0.3) is 0 Å². The monoisotopic (exact) mass is 556 g/mol. The molecule has 0 radical (unpaired) electrons. The Balaban J connectivity index is 1.83. The number of aromatic nitrogens is 2. The number of anilines is 2. The van der Waals surface area contributed by atoms with Gasteiger partial charge in [0, 0.05) is 22.0 Å². The van der Waals surface area contributed by atoms with E-state index in [0.717, 1.165) is 12.8 Å². The van der Waals surface area contributed by atoms with Crippen LogP contribution in [0, 0.1) is 4.78 Å². The van der Waals surface area contributed by atoms with Crippen LogP contribution in [-0.2, 0) is 19.0 Å². The standard InChI is InChI=1S/C18H20F3IN4O3S/c1-10(11(2)29-22)28-16-15(18(19,20)21)9-24-17(26-16)25-12-3-5-13(6-4-12)30(23,27)14-7-8-14/h3-6,9-11,14,23H,7-8H2,1-2H3,(H,24,25,26)/t10-,11-,30?/m1/s1. The lowest BCUT2D eigenvalue weighted by molar-refractivity contribution is -0.140. The van der Waals surface area contributed by atoms with Crippen molar-refractivity contribution in [3.05, 3.63) is 36.0 Å². The summed E-state index contributed by atoms with van der Waals surface area (Å²) in [6.07, 6.45) is -3.60. The van der Waals surface area contributed by atoms with E-state index in [9.17, 15) is 17.4 Å². The molecule has 164 valence electrons. The largest absolute Gasteiger partial charge is 0.471 e. The lowest BCUT2D eigenvalue weighted by atomic mass is 10.2. The van der Waals surface area contributed by atoms with Crippen LogP contribution in [0.1, 0.15) is 32.3 Å². The zero-order chi connectivity index (χ0) is 22.1. The first-order valence-electron chi connectivity index (χ1n) is 9.05. The van der Waals surface area contributed by atoms with Gasteiger partial charge in [-0.3, -0.25) is 0 Å².